The molecule has 0 amide bonds. The molecule has 1 aromatic rings. The lowest BCUT2D eigenvalue weighted by atomic mass is 10.1. The lowest BCUT2D eigenvalue weighted by molar-refractivity contribution is 0.0824. The van der Waals surface area contributed by atoms with Crippen molar-refractivity contribution in [3.05, 3.63) is 30.3 Å². The third-order valence-electron chi connectivity index (χ3n) is 5.88. The predicted octanol–water partition coefficient (Wildman–Crippen LogP) is 2.11. The predicted molar refractivity (Wildman–Crippen MR) is 138 cm³/mol. The van der Waals surface area contributed by atoms with Crippen LogP contribution in [0.3, 0.4) is 0 Å². The fourth-order valence-electron chi connectivity index (χ4n) is 4.04. The number of nitrogens with zero attached hydrogens (tertiary/aromatic N) is 4. The zero-order valence-corrected chi connectivity index (χ0v) is 21.2. The monoisotopic (exact) mass is 545 g/mol. The molecule has 2 N–H and O–H groups in total. The van der Waals surface area contributed by atoms with Crippen molar-refractivity contribution in [2.45, 2.75) is 32.3 Å². The molecule has 2 aliphatic rings. The summed E-state index contributed by atoms with van der Waals surface area (Å²) in [7, 11) is 0. The average Bonchev–Trinajstić information content (AvgIpc) is 2.78. The molecule has 8 heteroatoms. The maximum absolute atomic E-state index is 9.62. The molecule has 0 saturated carbocycles. The van der Waals surface area contributed by atoms with Gasteiger partial charge in [-0.25, -0.2) is 0 Å². The number of aliphatic hydroxyl groups is 1. The Bertz CT molecular complexity index is 618. The van der Waals surface area contributed by atoms with E-state index in [4.69, 9.17) is 9.73 Å². The first kappa shape index (κ1) is 26.2. The Morgan fingerprint density at radius 3 is 2.39 bits per heavy atom. The molecule has 1 aromatic carbocycles. The lowest BCUT2D eigenvalue weighted by Gasteiger charge is -2.36. The Labute approximate surface area is 204 Å². The number of halogens is 1. The van der Waals surface area contributed by atoms with Gasteiger partial charge in [0.25, 0.3) is 0 Å². The van der Waals surface area contributed by atoms with E-state index in [9.17, 15) is 5.11 Å². The van der Waals surface area contributed by atoms with E-state index in [1.807, 2.05) is 30.3 Å². The highest BCUT2D eigenvalue weighted by Gasteiger charge is 2.20. The van der Waals surface area contributed by atoms with Gasteiger partial charge in [-0.2, -0.15) is 0 Å². The molecule has 0 bridgehead atoms. The second-order valence-electron chi connectivity index (χ2n) is 8.15. The normalized spacial score (nSPS) is 19.2. The number of piperidine rings is 1. The van der Waals surface area contributed by atoms with Gasteiger partial charge in [-0.05, 0) is 44.9 Å². The highest BCUT2D eigenvalue weighted by molar-refractivity contribution is 14.0. The Balaban J connectivity index is 0.00000341. The summed E-state index contributed by atoms with van der Waals surface area (Å²) < 4.78 is 5.83. The number of nitrogens with one attached hydrogen (secondary N) is 1. The second-order valence-corrected chi connectivity index (χ2v) is 8.15. The van der Waals surface area contributed by atoms with Crippen LogP contribution in [0.15, 0.2) is 35.3 Å². The molecule has 31 heavy (non-hydrogen) atoms. The number of benzene rings is 1. The number of para-hydroxylation sites is 1. The summed E-state index contributed by atoms with van der Waals surface area (Å²) in [5, 5.41) is 13.1. The Kier molecular flexibility index (Phi) is 12.5. The van der Waals surface area contributed by atoms with Crippen LogP contribution in [0.4, 0.5) is 0 Å². The van der Waals surface area contributed by atoms with Crippen LogP contribution in [-0.2, 0) is 0 Å². The molecule has 7 nitrogen and oxygen atoms in total. The average molecular weight is 546 g/mol. The van der Waals surface area contributed by atoms with Crippen LogP contribution >= 0.6 is 24.0 Å². The lowest BCUT2D eigenvalue weighted by Crippen LogP contribution is -2.53. The number of likely N-dealkylation sites (tertiary alicyclic amines) is 1. The second kappa shape index (κ2) is 14.9. The maximum atomic E-state index is 9.62. The summed E-state index contributed by atoms with van der Waals surface area (Å²) in [5.74, 6) is 1.99. The van der Waals surface area contributed by atoms with Gasteiger partial charge in [-0.15, -0.1) is 24.0 Å². The molecule has 0 aliphatic carbocycles. The molecule has 0 unspecified atom stereocenters. The molecular weight excluding hydrogens is 505 g/mol. The van der Waals surface area contributed by atoms with Gasteiger partial charge in [0.2, 0.25) is 0 Å². The van der Waals surface area contributed by atoms with Gasteiger partial charge >= 0.3 is 0 Å². The highest BCUT2D eigenvalue weighted by Crippen LogP contribution is 2.11. The number of ether oxygens (including phenoxy) is 1. The van der Waals surface area contributed by atoms with Crippen molar-refractivity contribution in [3.63, 3.8) is 0 Å². The van der Waals surface area contributed by atoms with E-state index in [1.54, 1.807) is 0 Å². The van der Waals surface area contributed by atoms with E-state index in [0.717, 1.165) is 103 Å². The van der Waals surface area contributed by atoms with Crippen molar-refractivity contribution in [1.82, 2.24) is 20.0 Å². The molecule has 2 fully saturated rings. The summed E-state index contributed by atoms with van der Waals surface area (Å²) in [6, 6.07) is 10.0. The SMILES string of the molecule is CCNC(=NCCCN1CCC(O)CC1)N1CCN(CCOc2ccccc2)CC1.I. The van der Waals surface area contributed by atoms with E-state index >= 15 is 0 Å². The van der Waals surface area contributed by atoms with Gasteiger partial charge in [-0.3, -0.25) is 9.89 Å². The number of aliphatic hydroxyl groups excluding tert-OH is 1. The van der Waals surface area contributed by atoms with E-state index in [0.29, 0.717) is 0 Å². The van der Waals surface area contributed by atoms with Crippen LogP contribution in [0, 0.1) is 0 Å². The van der Waals surface area contributed by atoms with Crippen LogP contribution < -0.4 is 10.1 Å². The smallest absolute Gasteiger partial charge is 0.194 e. The van der Waals surface area contributed by atoms with E-state index in [-0.39, 0.29) is 30.1 Å². The quantitative estimate of drug-likeness (QED) is 0.215. The fourth-order valence-corrected chi connectivity index (χ4v) is 4.04. The van der Waals surface area contributed by atoms with Gasteiger partial charge in [0.1, 0.15) is 12.4 Å². The van der Waals surface area contributed by atoms with Crippen molar-refractivity contribution in [2.75, 3.05) is 72.1 Å². The van der Waals surface area contributed by atoms with Crippen LogP contribution in [0.1, 0.15) is 26.2 Å². The molecule has 3 rings (SSSR count). The van der Waals surface area contributed by atoms with Crippen LogP contribution in [0.2, 0.25) is 0 Å². The summed E-state index contributed by atoms with van der Waals surface area (Å²) in [6.07, 6.45) is 2.80. The summed E-state index contributed by atoms with van der Waals surface area (Å²) in [5.41, 5.74) is 0. The van der Waals surface area contributed by atoms with Gasteiger partial charge in [0.05, 0.1) is 6.10 Å². The molecule has 0 atom stereocenters. The minimum absolute atomic E-state index is 0. The molecular formula is C23H40IN5O2. The number of aliphatic imine (C=N–C) groups is 1. The van der Waals surface area contributed by atoms with E-state index in [1.165, 1.54) is 0 Å². The maximum Gasteiger partial charge on any atom is 0.194 e. The van der Waals surface area contributed by atoms with Gasteiger partial charge in [0, 0.05) is 58.9 Å². The number of piperazine rings is 1. The molecule has 2 heterocycles. The Morgan fingerprint density at radius 1 is 1.03 bits per heavy atom. The van der Waals surface area contributed by atoms with Gasteiger partial charge < -0.3 is 25.0 Å². The van der Waals surface area contributed by atoms with Crippen LogP contribution in [0.25, 0.3) is 0 Å². The van der Waals surface area contributed by atoms with Crippen molar-refractivity contribution in [2.24, 2.45) is 4.99 Å². The summed E-state index contributed by atoms with van der Waals surface area (Å²) in [4.78, 5) is 12.2. The zero-order valence-electron chi connectivity index (χ0n) is 18.9. The molecule has 0 radical (unpaired) electrons. The van der Waals surface area contributed by atoms with E-state index in [2.05, 4.69) is 26.9 Å². The number of guanidine groups is 1. The minimum atomic E-state index is -0.0943. The first-order valence-electron chi connectivity index (χ1n) is 11.6. The highest BCUT2D eigenvalue weighted by atomic mass is 127. The van der Waals surface area contributed by atoms with Gasteiger partial charge in [-0.1, -0.05) is 18.2 Å². The van der Waals surface area contributed by atoms with Crippen molar-refractivity contribution in [1.29, 1.82) is 0 Å². The number of hydrogen-bond acceptors (Lipinski definition) is 5. The fraction of sp³-hybridized carbons (Fsp3) is 0.696. The largest absolute Gasteiger partial charge is 0.492 e. The third-order valence-corrected chi connectivity index (χ3v) is 5.88. The third kappa shape index (κ3) is 9.51. The molecule has 176 valence electrons. The van der Waals surface area contributed by atoms with Crippen molar-refractivity contribution in [3.8, 4) is 5.75 Å². The molecule has 0 aromatic heterocycles. The number of rotatable bonds is 9. The summed E-state index contributed by atoms with van der Waals surface area (Å²) in [6.45, 7) is 12.8. The van der Waals surface area contributed by atoms with Crippen molar-refractivity contribution >= 4 is 29.9 Å². The zero-order chi connectivity index (χ0) is 21.0. The molecule has 2 saturated heterocycles. The van der Waals surface area contributed by atoms with Gasteiger partial charge in [0.15, 0.2) is 5.96 Å². The minimum Gasteiger partial charge on any atom is -0.492 e. The topological polar surface area (TPSA) is 63.6 Å². The Hall–Kier alpha value is -1.10. The van der Waals surface area contributed by atoms with Crippen LogP contribution in [0.5, 0.6) is 5.75 Å². The van der Waals surface area contributed by atoms with Crippen molar-refractivity contribution < 1.29 is 9.84 Å². The standard InChI is InChI=1S/C23H39N5O2.HI/c1-2-24-23(25-11-6-12-26-13-9-21(29)10-14-26)28-17-15-27(16-18-28)19-20-30-22-7-4-3-5-8-22;/h3-5,7-8,21,29H,2,6,9-20H2,1H3,(H,24,25);1H. The first-order valence-corrected chi connectivity index (χ1v) is 11.6. The first-order chi connectivity index (χ1) is 14.7. The molecule has 0 spiro atoms. The number of hydrogen-bond donors (Lipinski definition) is 2. The summed E-state index contributed by atoms with van der Waals surface area (Å²) >= 11 is 0. The Morgan fingerprint density at radius 2 is 1.71 bits per heavy atom. The molecule has 2 aliphatic heterocycles. The van der Waals surface area contributed by atoms with Crippen LogP contribution in [-0.4, -0.2) is 104 Å². The van der Waals surface area contributed by atoms with E-state index < -0.39 is 0 Å².